The highest BCUT2D eigenvalue weighted by atomic mass is 16.3. The summed E-state index contributed by atoms with van der Waals surface area (Å²) >= 11 is 0. The van der Waals surface area contributed by atoms with Gasteiger partial charge >= 0.3 is 0 Å². The minimum Gasteiger partial charge on any atom is -0.483 e. The van der Waals surface area contributed by atoms with Crippen LogP contribution in [0.15, 0.2) is 24.3 Å². The second kappa shape index (κ2) is 10.5. The number of nitrogens with zero attached hydrogens (tertiary/aromatic N) is 2. The third-order valence-electron chi connectivity index (χ3n) is 2.66. The summed E-state index contributed by atoms with van der Waals surface area (Å²) < 4.78 is 42.6. The molecule has 0 saturated heterocycles. The van der Waals surface area contributed by atoms with Crippen LogP contribution >= 0.6 is 0 Å². The van der Waals surface area contributed by atoms with Crippen molar-refractivity contribution in [3.05, 3.63) is 58.2 Å². The molecule has 0 saturated carbocycles. The largest absolute Gasteiger partial charge is 0.483 e. The molecule has 2 aromatic rings. The van der Waals surface area contributed by atoms with Crippen LogP contribution in [-0.4, -0.2) is 33.4 Å². The summed E-state index contributed by atoms with van der Waals surface area (Å²) in [4.78, 5) is 37.5. The molecule has 0 aliphatic rings. The lowest BCUT2D eigenvalue weighted by atomic mass is 10.2. The average Bonchev–Trinajstić information content (AvgIpc) is 2.61. The zero-order valence-electron chi connectivity index (χ0n) is 19.6. The Labute approximate surface area is 154 Å². The van der Waals surface area contributed by atoms with Crippen molar-refractivity contribution in [2.24, 2.45) is 11.5 Å². The summed E-state index contributed by atoms with van der Waals surface area (Å²) in [5.41, 5.74) is 11.0. The predicted octanol–water partition coefficient (Wildman–Crippen LogP) is 1.30. The fourth-order valence-corrected chi connectivity index (χ4v) is 1.56. The van der Waals surface area contributed by atoms with Gasteiger partial charge in [0, 0.05) is 19.6 Å². The quantitative estimate of drug-likeness (QED) is 0.693. The van der Waals surface area contributed by atoms with Gasteiger partial charge < -0.3 is 16.6 Å². The number of aromatic nitrogens is 2. The zero-order valence-corrected chi connectivity index (χ0v) is 13.6. The van der Waals surface area contributed by atoms with Crippen molar-refractivity contribution in [2.45, 2.75) is 27.6 Å². The lowest BCUT2D eigenvalue weighted by Gasteiger charge is -2.00. The number of amides is 2. The van der Waals surface area contributed by atoms with Crippen LogP contribution in [0.25, 0.3) is 0 Å². The molecule has 2 amide bonds. The van der Waals surface area contributed by atoms with Crippen LogP contribution in [0.1, 0.15) is 51.7 Å². The number of hydrogen-bond acceptors (Lipinski definition) is 5. The molecule has 0 radical (unpaired) electrons. The SMILES string of the molecule is O=CO.[2H]C([2H])([2H])c1ccc(C)c(C(N)=O)n1.[2H]C([2H])([2H])c1ccc(C)c(C(N)=O)n1. The Bertz CT molecular complexity index is 872. The first-order chi connectivity index (χ1) is 14.1. The number of primary amides is 2. The summed E-state index contributed by atoms with van der Waals surface area (Å²) in [6.45, 7) is -1.57. The highest BCUT2D eigenvalue weighted by molar-refractivity contribution is 5.92. The van der Waals surface area contributed by atoms with Gasteiger partial charge in [-0.3, -0.25) is 14.4 Å². The van der Waals surface area contributed by atoms with Crippen molar-refractivity contribution in [1.82, 2.24) is 9.97 Å². The molecule has 8 heteroatoms. The van der Waals surface area contributed by atoms with Crippen molar-refractivity contribution < 1.29 is 27.7 Å². The third-order valence-corrected chi connectivity index (χ3v) is 2.66. The Morgan fingerprint density at radius 2 is 1.28 bits per heavy atom. The number of carboxylic acid groups (broad SMARTS) is 1. The monoisotopic (exact) mass is 352 g/mol. The predicted molar refractivity (Wildman–Crippen MR) is 93.2 cm³/mol. The van der Waals surface area contributed by atoms with E-state index >= 15 is 0 Å². The molecule has 0 unspecified atom stereocenters. The second-order valence-corrected chi connectivity index (χ2v) is 4.56. The molecule has 0 aromatic carbocycles. The Hall–Kier alpha value is -3.29. The number of carbonyl (C=O) groups excluding carboxylic acids is 2. The van der Waals surface area contributed by atoms with E-state index in [0.717, 1.165) is 0 Å². The van der Waals surface area contributed by atoms with Gasteiger partial charge in [0.15, 0.2) is 0 Å². The summed E-state index contributed by atoms with van der Waals surface area (Å²) in [6, 6.07) is 5.78. The normalized spacial score (nSPS) is 13.5. The molecule has 0 atom stereocenters. The summed E-state index contributed by atoms with van der Waals surface area (Å²) in [6.07, 6.45) is 0. The lowest BCUT2D eigenvalue weighted by Crippen LogP contribution is -2.15. The van der Waals surface area contributed by atoms with Crippen molar-refractivity contribution in [3.63, 3.8) is 0 Å². The summed E-state index contributed by atoms with van der Waals surface area (Å²) in [7, 11) is 0. The standard InChI is InChI=1S/2C8H10N2O.CH2O2/c2*1-5-3-4-6(2)10-7(5)8(9)11;2-1-3/h2*3-4H,1-2H3,(H2,9,11);1H,(H,2,3)/i2*2D3;. The second-order valence-electron chi connectivity index (χ2n) is 4.56. The molecule has 0 aliphatic carbocycles. The average molecular weight is 352 g/mol. The van der Waals surface area contributed by atoms with Crippen LogP contribution < -0.4 is 11.5 Å². The van der Waals surface area contributed by atoms with E-state index in [2.05, 4.69) is 9.97 Å². The van der Waals surface area contributed by atoms with E-state index < -0.39 is 25.5 Å². The number of pyridine rings is 2. The molecule has 2 heterocycles. The topological polar surface area (TPSA) is 149 Å². The summed E-state index contributed by atoms with van der Waals surface area (Å²) in [5, 5.41) is 6.89. The van der Waals surface area contributed by atoms with E-state index in [1.54, 1.807) is 13.8 Å². The van der Waals surface area contributed by atoms with E-state index in [1.807, 2.05) is 0 Å². The third kappa shape index (κ3) is 7.69. The minimum absolute atomic E-state index is 0.0126. The van der Waals surface area contributed by atoms with Crippen LogP contribution in [0.4, 0.5) is 0 Å². The molecule has 0 fully saturated rings. The molecule has 0 aliphatic heterocycles. The molecule has 25 heavy (non-hydrogen) atoms. The van der Waals surface area contributed by atoms with Gasteiger partial charge in [-0.1, -0.05) is 12.1 Å². The minimum atomic E-state index is -2.31. The van der Waals surface area contributed by atoms with Crippen LogP contribution in [0, 0.1) is 27.6 Å². The molecular weight excluding hydrogens is 324 g/mol. The van der Waals surface area contributed by atoms with Gasteiger partial charge in [-0.25, -0.2) is 9.97 Å². The van der Waals surface area contributed by atoms with E-state index in [9.17, 15) is 9.59 Å². The molecule has 0 bridgehead atoms. The molecule has 5 N–H and O–H groups in total. The fourth-order valence-electron chi connectivity index (χ4n) is 1.56. The lowest BCUT2D eigenvalue weighted by molar-refractivity contribution is -0.122. The van der Waals surface area contributed by atoms with Crippen molar-refractivity contribution >= 4 is 18.3 Å². The zero-order chi connectivity index (χ0) is 24.6. The van der Waals surface area contributed by atoms with Gasteiger partial charge in [-0.15, -0.1) is 0 Å². The Balaban J connectivity index is 0.000000516. The highest BCUT2D eigenvalue weighted by Crippen LogP contribution is 2.05. The van der Waals surface area contributed by atoms with Crippen LogP contribution in [0.3, 0.4) is 0 Å². The molecular formula is C17H22N4O4. The van der Waals surface area contributed by atoms with Gasteiger partial charge in [0.05, 0.1) is 0 Å². The van der Waals surface area contributed by atoms with Crippen molar-refractivity contribution in [3.8, 4) is 0 Å². The van der Waals surface area contributed by atoms with Gasteiger partial charge in [-0.2, -0.15) is 0 Å². The molecule has 134 valence electrons. The van der Waals surface area contributed by atoms with E-state index in [1.165, 1.54) is 24.3 Å². The molecule has 2 rings (SSSR count). The maximum absolute atomic E-state index is 10.9. The van der Waals surface area contributed by atoms with E-state index in [0.29, 0.717) is 11.1 Å². The fraction of sp³-hybridized carbons (Fsp3) is 0.235. The number of carbonyl (C=O) groups is 3. The van der Waals surface area contributed by atoms with Crippen molar-refractivity contribution in [2.75, 3.05) is 0 Å². The first-order valence-corrected chi connectivity index (χ1v) is 6.70. The van der Waals surface area contributed by atoms with Gasteiger partial charge in [0.25, 0.3) is 18.3 Å². The molecule has 2 aromatic heterocycles. The van der Waals surface area contributed by atoms with Crippen molar-refractivity contribution in [1.29, 1.82) is 0 Å². The van der Waals surface area contributed by atoms with Gasteiger partial charge in [0.2, 0.25) is 0 Å². The Morgan fingerprint density at radius 3 is 1.52 bits per heavy atom. The highest BCUT2D eigenvalue weighted by Gasteiger charge is 2.05. The maximum atomic E-state index is 10.9. The van der Waals surface area contributed by atoms with E-state index in [4.69, 9.17) is 29.6 Å². The number of hydrogen-bond donors (Lipinski definition) is 3. The van der Waals surface area contributed by atoms with Crippen LogP contribution in [0.2, 0.25) is 0 Å². The first-order valence-electron chi connectivity index (χ1n) is 9.70. The van der Waals surface area contributed by atoms with Gasteiger partial charge in [0.1, 0.15) is 11.4 Å². The summed E-state index contributed by atoms with van der Waals surface area (Å²) in [5.74, 6) is -1.43. The van der Waals surface area contributed by atoms with Crippen LogP contribution in [0.5, 0.6) is 0 Å². The van der Waals surface area contributed by atoms with Crippen LogP contribution in [-0.2, 0) is 4.79 Å². The maximum Gasteiger partial charge on any atom is 0.290 e. The number of aryl methyl sites for hydroxylation is 4. The van der Waals surface area contributed by atoms with E-state index in [-0.39, 0.29) is 29.2 Å². The Kier molecular flexibility index (Phi) is 5.47. The smallest absolute Gasteiger partial charge is 0.290 e. The van der Waals surface area contributed by atoms with Gasteiger partial charge in [-0.05, 0) is 50.8 Å². The first kappa shape index (κ1) is 13.1. The molecule has 8 nitrogen and oxygen atoms in total. The number of rotatable bonds is 2. The molecule has 0 spiro atoms. The number of nitrogens with two attached hydrogens (primary N) is 2. The Morgan fingerprint density at radius 1 is 0.960 bits per heavy atom.